The molecule has 0 aliphatic carbocycles. The van der Waals surface area contributed by atoms with E-state index < -0.39 is 0 Å². The first-order valence-electron chi connectivity index (χ1n) is 9.53. The summed E-state index contributed by atoms with van der Waals surface area (Å²) in [4.78, 5) is 21.9. The number of benzene rings is 2. The molecule has 3 heterocycles. The van der Waals surface area contributed by atoms with Gasteiger partial charge in [-0.3, -0.25) is 9.78 Å². The van der Waals surface area contributed by atoms with Crippen molar-refractivity contribution >= 4 is 27.5 Å². The van der Waals surface area contributed by atoms with Gasteiger partial charge in [-0.15, -0.1) is 11.3 Å². The highest BCUT2D eigenvalue weighted by atomic mass is 32.1. The number of aryl methyl sites for hydroxylation is 1. The molecule has 1 aliphatic heterocycles. The summed E-state index contributed by atoms with van der Waals surface area (Å²) < 4.78 is 6.68. The lowest BCUT2D eigenvalue weighted by atomic mass is 10.00. The Balaban J connectivity index is 1.42. The molecule has 1 amide bonds. The minimum atomic E-state index is -0.0823. The van der Waals surface area contributed by atoms with Gasteiger partial charge in [0.1, 0.15) is 10.8 Å². The van der Waals surface area contributed by atoms with Crippen molar-refractivity contribution < 1.29 is 9.53 Å². The number of thiazole rings is 1. The van der Waals surface area contributed by atoms with Crippen LogP contribution in [0.15, 0.2) is 60.9 Å². The number of hydrogen-bond acceptors (Lipinski definition) is 5. The van der Waals surface area contributed by atoms with E-state index in [4.69, 9.17) is 9.72 Å². The normalized spacial score (nSPS) is 15.6. The quantitative estimate of drug-likeness (QED) is 0.529. The molecule has 0 saturated heterocycles. The molecule has 5 rings (SSSR count). The highest BCUT2D eigenvalue weighted by molar-refractivity contribution is 7.21. The first kappa shape index (κ1) is 17.8. The molecule has 1 unspecified atom stereocenters. The number of hydrogen-bond donors (Lipinski definition) is 1. The van der Waals surface area contributed by atoms with Crippen molar-refractivity contribution in [3.63, 3.8) is 0 Å². The molecule has 1 N–H and O–H groups in total. The van der Waals surface area contributed by atoms with Crippen LogP contribution in [-0.2, 0) is 0 Å². The molecule has 1 atom stereocenters. The van der Waals surface area contributed by atoms with Crippen molar-refractivity contribution in [3.8, 4) is 16.3 Å². The number of carbonyl (C=O) groups excluding carboxylic acids is 1. The van der Waals surface area contributed by atoms with Crippen LogP contribution < -0.4 is 10.1 Å². The summed E-state index contributed by atoms with van der Waals surface area (Å²) in [5.74, 6) is 0.763. The molecule has 2 aromatic carbocycles. The lowest BCUT2D eigenvalue weighted by Crippen LogP contribution is -2.32. The van der Waals surface area contributed by atoms with Gasteiger partial charge in [0.15, 0.2) is 0 Å². The predicted octanol–water partition coefficient (Wildman–Crippen LogP) is 4.92. The van der Waals surface area contributed by atoms with Crippen molar-refractivity contribution in [1.82, 2.24) is 15.3 Å². The lowest BCUT2D eigenvalue weighted by molar-refractivity contribution is 0.0925. The second-order valence-electron chi connectivity index (χ2n) is 7.09. The Morgan fingerprint density at radius 1 is 1.21 bits per heavy atom. The summed E-state index contributed by atoms with van der Waals surface area (Å²) >= 11 is 1.58. The molecule has 2 aromatic heterocycles. The molecule has 0 radical (unpaired) electrons. The van der Waals surface area contributed by atoms with Crippen molar-refractivity contribution in [1.29, 1.82) is 0 Å². The summed E-state index contributed by atoms with van der Waals surface area (Å²) in [5, 5.41) is 4.08. The van der Waals surface area contributed by atoms with Crippen LogP contribution >= 0.6 is 11.3 Å². The number of amides is 1. The smallest absolute Gasteiger partial charge is 0.251 e. The number of carbonyl (C=O) groups is 1. The van der Waals surface area contributed by atoms with E-state index in [1.165, 1.54) is 0 Å². The third-order valence-electron chi connectivity index (χ3n) is 5.18. The average molecular weight is 401 g/mol. The molecule has 5 nitrogen and oxygen atoms in total. The molecule has 144 valence electrons. The van der Waals surface area contributed by atoms with E-state index in [0.29, 0.717) is 12.2 Å². The maximum atomic E-state index is 12.9. The number of nitrogens with zero attached hydrogens (tertiary/aromatic N) is 2. The second-order valence-corrected chi connectivity index (χ2v) is 8.12. The Hall–Kier alpha value is -3.25. The Morgan fingerprint density at radius 3 is 3.00 bits per heavy atom. The van der Waals surface area contributed by atoms with Gasteiger partial charge in [0.05, 0.1) is 22.9 Å². The summed E-state index contributed by atoms with van der Waals surface area (Å²) in [7, 11) is 0. The molecule has 4 aromatic rings. The van der Waals surface area contributed by atoms with Crippen LogP contribution in [0.4, 0.5) is 0 Å². The predicted molar refractivity (Wildman–Crippen MR) is 114 cm³/mol. The molecule has 0 spiro atoms. The zero-order chi connectivity index (χ0) is 19.8. The third-order valence-corrected chi connectivity index (χ3v) is 6.24. The summed E-state index contributed by atoms with van der Waals surface area (Å²) in [5.41, 5.74) is 4.72. The van der Waals surface area contributed by atoms with E-state index in [9.17, 15) is 4.79 Å². The molecule has 1 aliphatic rings. The number of aromatic nitrogens is 2. The number of ether oxygens (including phenoxy) is 1. The van der Waals surface area contributed by atoms with Crippen molar-refractivity contribution in [2.75, 3.05) is 6.61 Å². The first-order chi connectivity index (χ1) is 14.2. The highest BCUT2D eigenvalue weighted by Gasteiger charge is 2.23. The number of rotatable bonds is 3. The number of pyridine rings is 1. The Morgan fingerprint density at radius 2 is 2.10 bits per heavy atom. The fourth-order valence-electron chi connectivity index (χ4n) is 3.60. The molecule has 6 heteroatoms. The number of fused-ring (bicyclic) bond motifs is 2. The molecular weight excluding hydrogens is 382 g/mol. The van der Waals surface area contributed by atoms with Crippen molar-refractivity contribution in [3.05, 3.63) is 77.6 Å². The average Bonchev–Trinajstić information content (AvgIpc) is 3.17. The SMILES string of the molecule is Cc1ccncc1-c1nc2ccc(C(=O)NC3CCOc4ccccc43)cc2s1. The fraction of sp³-hybridized carbons (Fsp3) is 0.174. The standard InChI is InChI=1S/C23H19N3O2S/c1-14-8-10-24-13-17(14)23-26-19-7-6-15(12-21(19)29-23)22(27)25-18-9-11-28-20-5-3-2-4-16(18)20/h2-8,10,12-13,18H,9,11H2,1H3,(H,25,27). The van der Waals surface area contributed by atoms with E-state index in [1.807, 2.05) is 61.7 Å². The van der Waals surface area contributed by atoms with E-state index in [-0.39, 0.29) is 11.9 Å². The molecular formula is C23H19N3O2S. The monoisotopic (exact) mass is 401 g/mol. The topological polar surface area (TPSA) is 64.1 Å². The minimum Gasteiger partial charge on any atom is -0.493 e. The first-order valence-corrected chi connectivity index (χ1v) is 10.3. The van der Waals surface area contributed by atoms with Gasteiger partial charge < -0.3 is 10.1 Å². The Labute approximate surface area is 172 Å². The van der Waals surface area contributed by atoms with Gasteiger partial charge in [0, 0.05) is 35.5 Å². The largest absolute Gasteiger partial charge is 0.493 e. The molecule has 0 saturated carbocycles. The van der Waals surface area contributed by atoms with E-state index >= 15 is 0 Å². The fourth-order valence-corrected chi connectivity index (χ4v) is 4.68. The van der Waals surface area contributed by atoms with E-state index in [1.54, 1.807) is 17.5 Å². The second kappa shape index (κ2) is 7.29. The van der Waals surface area contributed by atoms with Crippen LogP contribution in [0.1, 0.15) is 33.9 Å². The van der Waals surface area contributed by atoms with Crippen molar-refractivity contribution in [2.45, 2.75) is 19.4 Å². The Kier molecular flexibility index (Phi) is 4.48. The van der Waals surface area contributed by atoms with E-state index in [0.717, 1.165) is 44.1 Å². The molecule has 0 bridgehead atoms. The zero-order valence-corrected chi connectivity index (χ0v) is 16.7. The van der Waals surface area contributed by atoms with E-state index in [2.05, 4.69) is 10.3 Å². The van der Waals surface area contributed by atoms with Crippen LogP contribution in [-0.4, -0.2) is 22.5 Å². The maximum absolute atomic E-state index is 12.9. The summed E-state index contributed by atoms with van der Waals surface area (Å²) in [6, 6.07) is 15.5. The van der Waals surface area contributed by atoms with Crippen LogP contribution in [0, 0.1) is 6.92 Å². The van der Waals surface area contributed by atoms with Gasteiger partial charge in [-0.05, 0) is 42.8 Å². The molecule has 29 heavy (non-hydrogen) atoms. The highest BCUT2D eigenvalue weighted by Crippen LogP contribution is 2.33. The maximum Gasteiger partial charge on any atom is 0.251 e. The van der Waals surface area contributed by atoms with Crippen LogP contribution in [0.5, 0.6) is 5.75 Å². The van der Waals surface area contributed by atoms with Gasteiger partial charge >= 0.3 is 0 Å². The van der Waals surface area contributed by atoms with Crippen LogP contribution in [0.25, 0.3) is 20.8 Å². The van der Waals surface area contributed by atoms with Crippen LogP contribution in [0.3, 0.4) is 0 Å². The summed E-state index contributed by atoms with van der Waals surface area (Å²) in [6.45, 7) is 2.65. The minimum absolute atomic E-state index is 0.0433. The summed E-state index contributed by atoms with van der Waals surface area (Å²) in [6.07, 6.45) is 4.38. The van der Waals surface area contributed by atoms with Crippen molar-refractivity contribution in [2.24, 2.45) is 0 Å². The Bertz CT molecular complexity index is 1220. The molecule has 0 fully saturated rings. The number of para-hydroxylation sites is 1. The van der Waals surface area contributed by atoms with Gasteiger partial charge in [0.25, 0.3) is 5.91 Å². The van der Waals surface area contributed by atoms with Crippen LogP contribution in [0.2, 0.25) is 0 Å². The lowest BCUT2D eigenvalue weighted by Gasteiger charge is -2.26. The number of nitrogens with one attached hydrogen (secondary N) is 1. The third kappa shape index (κ3) is 3.36. The van der Waals surface area contributed by atoms with Gasteiger partial charge in [0.2, 0.25) is 0 Å². The zero-order valence-electron chi connectivity index (χ0n) is 15.9. The van der Waals surface area contributed by atoms with Gasteiger partial charge in [-0.1, -0.05) is 18.2 Å². The van der Waals surface area contributed by atoms with Gasteiger partial charge in [-0.25, -0.2) is 4.98 Å². The van der Waals surface area contributed by atoms with Gasteiger partial charge in [-0.2, -0.15) is 0 Å².